The summed E-state index contributed by atoms with van der Waals surface area (Å²) in [5.74, 6) is 2.22. The van der Waals surface area contributed by atoms with E-state index in [1.54, 1.807) is 0 Å². The Bertz CT molecular complexity index is 404. The Hall–Kier alpha value is -1.57. The number of rotatable bonds is 4. The second-order valence-corrected chi connectivity index (χ2v) is 4.50. The maximum atomic E-state index is 4.31. The second-order valence-electron chi connectivity index (χ2n) is 4.50. The minimum absolute atomic E-state index is 0.535. The topological polar surface area (TPSA) is 28.7 Å². The number of hydrogen-bond acceptors (Lipinski definition) is 1. The summed E-state index contributed by atoms with van der Waals surface area (Å²) in [5, 5.41) is 0. The molecule has 2 rings (SSSR count). The maximum absolute atomic E-state index is 4.31. The van der Waals surface area contributed by atoms with E-state index >= 15 is 0 Å². The molecular formula is C14H18N2. The Kier molecular flexibility index (Phi) is 3.40. The molecule has 2 nitrogen and oxygen atoms in total. The summed E-state index contributed by atoms with van der Waals surface area (Å²) in [6.45, 7) is 4.53. The minimum atomic E-state index is 0.535. The van der Waals surface area contributed by atoms with Crippen molar-refractivity contribution in [2.75, 3.05) is 0 Å². The third-order valence-corrected chi connectivity index (χ3v) is 3.00. The highest BCUT2D eigenvalue weighted by Gasteiger charge is 2.16. The van der Waals surface area contributed by atoms with Crippen LogP contribution in [0.1, 0.15) is 31.2 Å². The molecule has 0 aliphatic carbocycles. The largest absolute Gasteiger partial charge is 0.349 e. The van der Waals surface area contributed by atoms with E-state index in [9.17, 15) is 0 Å². The molecule has 1 aromatic carbocycles. The molecule has 2 heteroatoms. The first kappa shape index (κ1) is 10.9. The Morgan fingerprint density at radius 1 is 1.19 bits per heavy atom. The van der Waals surface area contributed by atoms with Crippen molar-refractivity contribution in [2.45, 2.75) is 26.2 Å². The zero-order valence-corrected chi connectivity index (χ0v) is 9.85. The molecule has 0 aliphatic rings. The van der Waals surface area contributed by atoms with E-state index in [0.717, 1.165) is 12.2 Å². The van der Waals surface area contributed by atoms with Gasteiger partial charge in [0.15, 0.2) is 0 Å². The van der Waals surface area contributed by atoms with Crippen LogP contribution in [0.25, 0.3) is 0 Å². The monoisotopic (exact) mass is 214 g/mol. The van der Waals surface area contributed by atoms with Crippen LogP contribution in [0.5, 0.6) is 0 Å². The second kappa shape index (κ2) is 4.97. The maximum Gasteiger partial charge on any atom is 0.106 e. The normalized spacial score (nSPS) is 12.9. The van der Waals surface area contributed by atoms with Crippen LogP contribution in [-0.4, -0.2) is 9.97 Å². The first-order valence-corrected chi connectivity index (χ1v) is 5.80. The highest BCUT2D eigenvalue weighted by molar-refractivity contribution is 5.21. The number of nitrogens with one attached hydrogen (secondary N) is 1. The quantitative estimate of drug-likeness (QED) is 0.830. The molecule has 0 amide bonds. The summed E-state index contributed by atoms with van der Waals surface area (Å²) in [7, 11) is 0. The van der Waals surface area contributed by atoms with Gasteiger partial charge in [0.1, 0.15) is 5.82 Å². The molecule has 84 valence electrons. The van der Waals surface area contributed by atoms with Crippen molar-refractivity contribution in [3.8, 4) is 0 Å². The Balaban J connectivity index is 2.18. The van der Waals surface area contributed by atoms with E-state index in [4.69, 9.17) is 0 Å². The molecule has 0 spiro atoms. The third kappa shape index (κ3) is 2.51. The summed E-state index contributed by atoms with van der Waals surface area (Å²) in [4.78, 5) is 7.49. The number of aromatic amines is 1. The van der Waals surface area contributed by atoms with Crippen LogP contribution in [-0.2, 0) is 6.42 Å². The number of imidazole rings is 1. The Morgan fingerprint density at radius 3 is 2.50 bits per heavy atom. The molecule has 0 bridgehead atoms. The molecule has 1 N–H and O–H groups in total. The summed E-state index contributed by atoms with van der Waals surface area (Å²) in [5.41, 5.74) is 1.40. The molecule has 0 radical (unpaired) electrons. The van der Waals surface area contributed by atoms with E-state index in [1.165, 1.54) is 5.56 Å². The summed E-state index contributed by atoms with van der Waals surface area (Å²) in [6, 6.07) is 10.7. The lowest BCUT2D eigenvalue weighted by molar-refractivity contribution is 0.487. The fourth-order valence-corrected chi connectivity index (χ4v) is 2.06. The van der Waals surface area contributed by atoms with Gasteiger partial charge in [-0.1, -0.05) is 44.2 Å². The molecule has 0 saturated carbocycles. The van der Waals surface area contributed by atoms with Crippen LogP contribution in [0, 0.1) is 5.92 Å². The Morgan fingerprint density at radius 2 is 1.94 bits per heavy atom. The van der Waals surface area contributed by atoms with Crippen molar-refractivity contribution in [1.29, 1.82) is 0 Å². The molecule has 1 atom stereocenters. The van der Waals surface area contributed by atoms with Crippen LogP contribution < -0.4 is 0 Å². The molecule has 1 heterocycles. The van der Waals surface area contributed by atoms with Crippen molar-refractivity contribution in [3.05, 3.63) is 54.1 Å². The van der Waals surface area contributed by atoms with Gasteiger partial charge in [0, 0.05) is 18.8 Å². The summed E-state index contributed by atoms with van der Waals surface area (Å²) >= 11 is 0. The third-order valence-electron chi connectivity index (χ3n) is 3.00. The minimum Gasteiger partial charge on any atom is -0.349 e. The number of benzene rings is 1. The number of nitrogens with zero attached hydrogens (tertiary/aromatic N) is 1. The van der Waals surface area contributed by atoms with E-state index in [2.05, 4.69) is 54.1 Å². The highest BCUT2D eigenvalue weighted by atomic mass is 14.9. The van der Waals surface area contributed by atoms with Gasteiger partial charge in [0.25, 0.3) is 0 Å². The van der Waals surface area contributed by atoms with Crippen LogP contribution in [0.3, 0.4) is 0 Å². The molecule has 0 fully saturated rings. The molecule has 16 heavy (non-hydrogen) atoms. The van der Waals surface area contributed by atoms with E-state index < -0.39 is 0 Å². The lowest BCUT2D eigenvalue weighted by Crippen LogP contribution is -2.10. The van der Waals surface area contributed by atoms with Crippen LogP contribution in [0.4, 0.5) is 0 Å². The zero-order valence-electron chi connectivity index (χ0n) is 9.85. The first-order chi connectivity index (χ1) is 7.77. The standard InChI is InChI=1S/C14H18N2/c1-11(2)13(10-14-15-8-9-16-14)12-6-4-3-5-7-12/h3-9,11,13H,10H2,1-2H3,(H,15,16). The molecule has 0 aliphatic heterocycles. The molecular weight excluding hydrogens is 196 g/mol. The van der Waals surface area contributed by atoms with Crippen molar-refractivity contribution in [1.82, 2.24) is 9.97 Å². The SMILES string of the molecule is CC(C)C(Cc1ncc[nH]1)c1ccccc1. The first-order valence-electron chi connectivity index (χ1n) is 5.80. The fourth-order valence-electron chi connectivity index (χ4n) is 2.06. The molecule has 0 saturated heterocycles. The van der Waals surface area contributed by atoms with Gasteiger partial charge in [0.05, 0.1) is 0 Å². The van der Waals surface area contributed by atoms with Crippen LogP contribution >= 0.6 is 0 Å². The lowest BCUT2D eigenvalue weighted by Gasteiger charge is -2.20. The van der Waals surface area contributed by atoms with E-state index in [1.807, 2.05) is 12.4 Å². The van der Waals surface area contributed by atoms with Crippen molar-refractivity contribution in [2.24, 2.45) is 5.92 Å². The number of H-pyrrole nitrogens is 1. The molecule has 2 aromatic rings. The summed E-state index contributed by atoms with van der Waals surface area (Å²) < 4.78 is 0. The average molecular weight is 214 g/mol. The van der Waals surface area contributed by atoms with Gasteiger partial charge in [-0.3, -0.25) is 0 Å². The highest BCUT2D eigenvalue weighted by Crippen LogP contribution is 2.27. The molecule has 1 unspecified atom stereocenters. The van der Waals surface area contributed by atoms with Gasteiger partial charge in [-0.05, 0) is 17.4 Å². The van der Waals surface area contributed by atoms with Crippen molar-refractivity contribution < 1.29 is 0 Å². The van der Waals surface area contributed by atoms with Gasteiger partial charge in [-0.2, -0.15) is 0 Å². The zero-order chi connectivity index (χ0) is 11.4. The fraction of sp³-hybridized carbons (Fsp3) is 0.357. The average Bonchev–Trinajstić information content (AvgIpc) is 2.79. The van der Waals surface area contributed by atoms with Crippen LogP contribution in [0.15, 0.2) is 42.7 Å². The van der Waals surface area contributed by atoms with Crippen molar-refractivity contribution in [3.63, 3.8) is 0 Å². The van der Waals surface area contributed by atoms with Gasteiger partial charge >= 0.3 is 0 Å². The van der Waals surface area contributed by atoms with Crippen LogP contribution in [0.2, 0.25) is 0 Å². The van der Waals surface area contributed by atoms with Gasteiger partial charge in [-0.15, -0.1) is 0 Å². The van der Waals surface area contributed by atoms with E-state index in [0.29, 0.717) is 11.8 Å². The van der Waals surface area contributed by atoms with Gasteiger partial charge in [0.2, 0.25) is 0 Å². The smallest absolute Gasteiger partial charge is 0.106 e. The van der Waals surface area contributed by atoms with E-state index in [-0.39, 0.29) is 0 Å². The van der Waals surface area contributed by atoms with Gasteiger partial charge in [-0.25, -0.2) is 4.98 Å². The number of hydrogen-bond donors (Lipinski definition) is 1. The summed E-state index contributed by atoms with van der Waals surface area (Å²) in [6.07, 6.45) is 4.68. The lowest BCUT2D eigenvalue weighted by atomic mass is 9.85. The predicted molar refractivity (Wildman–Crippen MR) is 66.3 cm³/mol. The van der Waals surface area contributed by atoms with Crippen molar-refractivity contribution >= 4 is 0 Å². The molecule has 1 aromatic heterocycles. The Labute approximate surface area is 96.7 Å². The van der Waals surface area contributed by atoms with Gasteiger partial charge < -0.3 is 4.98 Å². The predicted octanol–water partition coefficient (Wildman–Crippen LogP) is 3.39. The number of aromatic nitrogens is 2.